The fourth-order valence-corrected chi connectivity index (χ4v) is 3.78. The Morgan fingerprint density at radius 3 is 2.00 bits per heavy atom. The Labute approximate surface area is 162 Å². The van der Waals surface area contributed by atoms with E-state index in [-0.39, 0.29) is 11.7 Å². The summed E-state index contributed by atoms with van der Waals surface area (Å²) >= 11 is 0. The molecule has 0 bridgehead atoms. The van der Waals surface area contributed by atoms with Gasteiger partial charge in [0.15, 0.2) is 0 Å². The van der Waals surface area contributed by atoms with Crippen LogP contribution in [0.1, 0.15) is 42.5 Å². The lowest BCUT2D eigenvalue weighted by atomic mass is 9.93. The summed E-state index contributed by atoms with van der Waals surface area (Å²) in [6.07, 6.45) is 5.95. The van der Waals surface area contributed by atoms with E-state index in [0.29, 0.717) is 6.04 Å². The van der Waals surface area contributed by atoms with Gasteiger partial charge in [-0.05, 0) is 62.3 Å². The van der Waals surface area contributed by atoms with Crippen LogP contribution in [0.3, 0.4) is 0 Å². The highest BCUT2D eigenvalue weighted by molar-refractivity contribution is 5.95. The molecule has 1 saturated carbocycles. The average molecular weight is 367 g/mol. The molecular formula is C23H30N2O2. The van der Waals surface area contributed by atoms with Crippen LogP contribution < -0.4 is 0 Å². The predicted molar refractivity (Wildman–Crippen MR) is 110 cm³/mol. The molecule has 1 fully saturated rings. The van der Waals surface area contributed by atoms with E-state index in [4.69, 9.17) is 0 Å². The Hall–Kier alpha value is -2.33. The SMILES string of the molecule is CN(C)CCN(C(=O)c1ccc(-c2ccc(O)cc2)cc1)C1CCCCC1. The second kappa shape index (κ2) is 9.05. The molecule has 4 nitrogen and oxygen atoms in total. The molecule has 4 heteroatoms. The Morgan fingerprint density at radius 1 is 0.889 bits per heavy atom. The third-order valence-corrected chi connectivity index (χ3v) is 5.40. The van der Waals surface area contributed by atoms with Gasteiger partial charge in [-0.25, -0.2) is 0 Å². The average Bonchev–Trinajstić information content (AvgIpc) is 2.69. The van der Waals surface area contributed by atoms with Crippen LogP contribution in [0.5, 0.6) is 5.75 Å². The van der Waals surface area contributed by atoms with Gasteiger partial charge in [0.2, 0.25) is 0 Å². The highest BCUT2D eigenvalue weighted by Gasteiger charge is 2.26. The maximum absolute atomic E-state index is 13.2. The second-order valence-corrected chi connectivity index (χ2v) is 7.72. The van der Waals surface area contributed by atoms with Gasteiger partial charge in [0, 0.05) is 24.7 Å². The molecule has 1 N–H and O–H groups in total. The Morgan fingerprint density at radius 2 is 1.44 bits per heavy atom. The fourth-order valence-electron chi connectivity index (χ4n) is 3.78. The van der Waals surface area contributed by atoms with Gasteiger partial charge in [0.25, 0.3) is 5.91 Å². The number of carbonyl (C=O) groups is 1. The molecule has 0 aliphatic heterocycles. The van der Waals surface area contributed by atoms with Crippen molar-refractivity contribution in [1.82, 2.24) is 9.80 Å². The van der Waals surface area contributed by atoms with Crippen molar-refractivity contribution in [1.29, 1.82) is 0 Å². The minimum Gasteiger partial charge on any atom is -0.508 e. The van der Waals surface area contributed by atoms with Crippen molar-refractivity contribution in [2.24, 2.45) is 0 Å². The van der Waals surface area contributed by atoms with Gasteiger partial charge in [-0.1, -0.05) is 43.5 Å². The summed E-state index contributed by atoms with van der Waals surface area (Å²) in [6.45, 7) is 1.66. The first kappa shape index (κ1) is 19.4. The molecule has 1 amide bonds. The van der Waals surface area contributed by atoms with Crippen LogP contribution in [-0.4, -0.2) is 54.0 Å². The maximum Gasteiger partial charge on any atom is 0.254 e. The topological polar surface area (TPSA) is 43.8 Å². The van der Waals surface area contributed by atoms with Gasteiger partial charge in [0.1, 0.15) is 5.75 Å². The van der Waals surface area contributed by atoms with E-state index in [2.05, 4.69) is 23.9 Å². The fraction of sp³-hybridized carbons (Fsp3) is 0.435. The Kier molecular flexibility index (Phi) is 6.51. The lowest BCUT2D eigenvalue weighted by Gasteiger charge is -2.35. The van der Waals surface area contributed by atoms with E-state index in [1.807, 2.05) is 36.4 Å². The molecule has 27 heavy (non-hydrogen) atoms. The molecule has 3 rings (SSSR count). The minimum atomic E-state index is 0.140. The summed E-state index contributed by atoms with van der Waals surface area (Å²) < 4.78 is 0. The van der Waals surface area contributed by atoms with Crippen LogP contribution in [-0.2, 0) is 0 Å². The molecule has 144 valence electrons. The normalized spacial score (nSPS) is 15.1. The second-order valence-electron chi connectivity index (χ2n) is 7.72. The van der Waals surface area contributed by atoms with E-state index in [1.165, 1.54) is 19.3 Å². The van der Waals surface area contributed by atoms with Crippen LogP contribution >= 0.6 is 0 Å². The lowest BCUT2D eigenvalue weighted by Crippen LogP contribution is -2.44. The molecule has 1 aliphatic carbocycles. The van der Waals surface area contributed by atoms with Gasteiger partial charge < -0.3 is 14.9 Å². The number of benzene rings is 2. The number of nitrogens with zero attached hydrogens (tertiary/aromatic N) is 2. The highest BCUT2D eigenvalue weighted by atomic mass is 16.3. The quantitative estimate of drug-likeness (QED) is 0.824. The van der Waals surface area contributed by atoms with Crippen molar-refractivity contribution < 1.29 is 9.90 Å². The largest absolute Gasteiger partial charge is 0.508 e. The molecule has 0 aromatic heterocycles. The van der Waals surface area contributed by atoms with Crippen LogP contribution in [0.2, 0.25) is 0 Å². The zero-order valence-corrected chi connectivity index (χ0v) is 16.4. The molecule has 2 aromatic rings. The number of carbonyl (C=O) groups excluding carboxylic acids is 1. The van der Waals surface area contributed by atoms with Crippen molar-refractivity contribution in [3.05, 3.63) is 54.1 Å². The van der Waals surface area contributed by atoms with Crippen molar-refractivity contribution >= 4 is 5.91 Å². The van der Waals surface area contributed by atoms with Crippen molar-refractivity contribution in [3.8, 4) is 16.9 Å². The number of phenolic OH excluding ortho intramolecular Hbond substituents is 1. The van der Waals surface area contributed by atoms with Gasteiger partial charge in [-0.2, -0.15) is 0 Å². The molecule has 2 aromatic carbocycles. The van der Waals surface area contributed by atoms with Crippen molar-refractivity contribution in [2.45, 2.75) is 38.1 Å². The number of hydrogen-bond acceptors (Lipinski definition) is 3. The van der Waals surface area contributed by atoms with Crippen LogP contribution in [0.4, 0.5) is 0 Å². The molecule has 0 atom stereocenters. The molecular weight excluding hydrogens is 336 g/mol. The first-order chi connectivity index (χ1) is 13.0. The van der Waals surface area contributed by atoms with Gasteiger partial charge >= 0.3 is 0 Å². The van der Waals surface area contributed by atoms with Gasteiger partial charge in [-0.15, -0.1) is 0 Å². The van der Waals surface area contributed by atoms with E-state index in [0.717, 1.165) is 42.6 Å². The number of likely N-dealkylation sites (N-methyl/N-ethyl adjacent to an activating group) is 1. The summed E-state index contributed by atoms with van der Waals surface area (Å²) in [5.41, 5.74) is 2.83. The number of phenols is 1. The van der Waals surface area contributed by atoms with Gasteiger partial charge in [0.05, 0.1) is 0 Å². The summed E-state index contributed by atoms with van der Waals surface area (Å²) in [6, 6.07) is 15.3. The number of amides is 1. The standard InChI is InChI=1S/C23H30N2O2/c1-24(2)16-17-25(21-6-4-3-5-7-21)23(27)20-10-8-18(9-11-20)19-12-14-22(26)15-13-19/h8-15,21,26H,3-7,16-17H2,1-2H3. The molecule has 0 saturated heterocycles. The van der Waals surface area contributed by atoms with Crippen LogP contribution in [0.15, 0.2) is 48.5 Å². The van der Waals surface area contributed by atoms with E-state index in [1.54, 1.807) is 12.1 Å². The predicted octanol–water partition coefficient (Wildman–Crippen LogP) is 4.40. The summed E-state index contributed by atoms with van der Waals surface area (Å²) in [7, 11) is 4.10. The third-order valence-electron chi connectivity index (χ3n) is 5.40. The lowest BCUT2D eigenvalue weighted by molar-refractivity contribution is 0.0618. The van der Waals surface area contributed by atoms with Crippen molar-refractivity contribution in [3.63, 3.8) is 0 Å². The third kappa shape index (κ3) is 5.10. The Balaban J connectivity index is 1.76. The number of aromatic hydroxyl groups is 1. The molecule has 0 unspecified atom stereocenters. The van der Waals surface area contributed by atoms with Crippen LogP contribution in [0, 0.1) is 0 Å². The zero-order valence-electron chi connectivity index (χ0n) is 16.4. The maximum atomic E-state index is 13.2. The highest BCUT2D eigenvalue weighted by Crippen LogP contribution is 2.26. The van der Waals surface area contributed by atoms with Crippen LogP contribution in [0.25, 0.3) is 11.1 Å². The van der Waals surface area contributed by atoms with Crippen molar-refractivity contribution in [2.75, 3.05) is 27.2 Å². The summed E-state index contributed by atoms with van der Waals surface area (Å²) in [5, 5.41) is 9.44. The molecule has 0 spiro atoms. The Bertz CT molecular complexity index is 732. The molecule has 1 aliphatic rings. The molecule has 0 heterocycles. The number of rotatable bonds is 6. The van der Waals surface area contributed by atoms with E-state index < -0.39 is 0 Å². The first-order valence-electron chi connectivity index (χ1n) is 9.90. The zero-order chi connectivity index (χ0) is 19.2. The number of hydrogen-bond donors (Lipinski definition) is 1. The monoisotopic (exact) mass is 366 g/mol. The smallest absolute Gasteiger partial charge is 0.254 e. The van der Waals surface area contributed by atoms with Gasteiger partial charge in [-0.3, -0.25) is 4.79 Å². The minimum absolute atomic E-state index is 0.140. The first-order valence-corrected chi connectivity index (χ1v) is 9.90. The molecule has 0 radical (unpaired) electrons. The summed E-state index contributed by atoms with van der Waals surface area (Å²) in [4.78, 5) is 17.5. The summed E-state index contributed by atoms with van der Waals surface area (Å²) in [5.74, 6) is 0.399. The van der Waals surface area contributed by atoms with E-state index >= 15 is 0 Å². The van der Waals surface area contributed by atoms with E-state index in [9.17, 15) is 9.90 Å².